The van der Waals surface area contributed by atoms with E-state index >= 15 is 0 Å². The van der Waals surface area contributed by atoms with Crippen molar-refractivity contribution in [1.82, 2.24) is 14.7 Å². The molecule has 0 saturated heterocycles. The maximum atomic E-state index is 13.2. The van der Waals surface area contributed by atoms with Gasteiger partial charge >= 0.3 is 0 Å². The molecule has 178 valence electrons. The van der Waals surface area contributed by atoms with Crippen molar-refractivity contribution in [2.24, 2.45) is 0 Å². The Morgan fingerprint density at radius 1 is 0.943 bits per heavy atom. The molecule has 4 rings (SSSR count). The number of benzene rings is 3. The van der Waals surface area contributed by atoms with Gasteiger partial charge in [0.15, 0.2) is 0 Å². The molecule has 0 aliphatic rings. The highest BCUT2D eigenvalue weighted by atomic mass is 35.5. The molecule has 35 heavy (non-hydrogen) atoms. The second-order valence-corrected chi connectivity index (χ2v) is 8.55. The molecule has 0 spiro atoms. The van der Waals surface area contributed by atoms with E-state index in [0.29, 0.717) is 34.3 Å². The molecule has 1 N–H and O–H groups in total. The Hall–Kier alpha value is -3.90. The lowest BCUT2D eigenvalue weighted by molar-refractivity contribution is -0.116. The predicted molar refractivity (Wildman–Crippen MR) is 140 cm³/mol. The van der Waals surface area contributed by atoms with Gasteiger partial charge in [-0.1, -0.05) is 85.6 Å². The number of carbonyl (C=O) groups excluding carboxylic acids is 2. The number of nitrogens with zero attached hydrogens (tertiary/aromatic N) is 3. The summed E-state index contributed by atoms with van der Waals surface area (Å²) in [5.41, 5.74) is 2.82. The van der Waals surface area contributed by atoms with Crippen LogP contribution in [0.15, 0.2) is 91.0 Å². The maximum Gasteiger partial charge on any atom is 0.254 e. The molecule has 0 bridgehead atoms. The molecule has 0 atom stereocenters. The van der Waals surface area contributed by atoms with Gasteiger partial charge in [-0.15, -0.1) is 0 Å². The van der Waals surface area contributed by atoms with Crippen LogP contribution in [0, 0.1) is 0 Å². The number of halogens is 1. The predicted octanol–water partition coefficient (Wildman–Crippen LogP) is 6.07. The molecule has 0 radical (unpaired) electrons. The molecule has 0 fully saturated rings. The van der Waals surface area contributed by atoms with E-state index in [9.17, 15) is 9.59 Å². The van der Waals surface area contributed by atoms with Gasteiger partial charge in [0.2, 0.25) is 5.91 Å². The van der Waals surface area contributed by atoms with Crippen LogP contribution in [0.5, 0.6) is 0 Å². The number of rotatable bonds is 9. The van der Waals surface area contributed by atoms with Crippen molar-refractivity contribution in [3.8, 4) is 16.9 Å². The van der Waals surface area contributed by atoms with Crippen molar-refractivity contribution in [3.63, 3.8) is 0 Å². The number of aromatic nitrogens is 2. The van der Waals surface area contributed by atoms with Crippen LogP contribution in [-0.4, -0.2) is 39.6 Å². The van der Waals surface area contributed by atoms with Crippen molar-refractivity contribution in [2.45, 2.75) is 19.8 Å². The van der Waals surface area contributed by atoms with Crippen molar-refractivity contribution in [2.75, 3.05) is 18.4 Å². The third-order valence-corrected chi connectivity index (χ3v) is 5.87. The number of anilines is 1. The molecule has 6 nitrogen and oxygen atoms in total. The first-order chi connectivity index (χ1) is 17.1. The van der Waals surface area contributed by atoms with E-state index in [1.54, 1.807) is 27.8 Å². The fourth-order valence-electron chi connectivity index (χ4n) is 3.75. The summed E-state index contributed by atoms with van der Waals surface area (Å²) in [6.07, 6.45) is 1.72. The van der Waals surface area contributed by atoms with Crippen LogP contribution in [0.4, 0.5) is 5.82 Å². The Kier molecular flexibility index (Phi) is 7.95. The highest BCUT2D eigenvalue weighted by Gasteiger charge is 2.21. The van der Waals surface area contributed by atoms with E-state index in [0.717, 1.165) is 18.4 Å². The number of nitrogens with one attached hydrogen (secondary N) is 1. The van der Waals surface area contributed by atoms with Crippen LogP contribution >= 0.6 is 11.6 Å². The zero-order valence-corrected chi connectivity index (χ0v) is 20.3. The van der Waals surface area contributed by atoms with Gasteiger partial charge in [0.05, 0.1) is 16.4 Å². The number of carbonyl (C=O) groups is 2. The molecule has 3 aromatic carbocycles. The Morgan fingerprint density at radius 3 is 2.29 bits per heavy atom. The molecule has 4 aromatic rings. The van der Waals surface area contributed by atoms with Crippen molar-refractivity contribution >= 4 is 29.2 Å². The minimum absolute atomic E-state index is 0.0674. The summed E-state index contributed by atoms with van der Waals surface area (Å²) in [6.45, 7) is 2.48. The molecular weight excluding hydrogens is 460 g/mol. The standard InChI is InChI=1S/C28H27ClN4O2/c1-2-3-18-32(28(35)22-14-8-5-9-15-22)20-27(34)30-26-19-24(21-12-6-4-7-13-21)31-33(26)25-17-11-10-16-23(25)29/h4-17,19H,2-3,18,20H2,1H3,(H,30,34). The molecule has 1 aromatic heterocycles. The average Bonchev–Trinajstić information content (AvgIpc) is 3.30. The summed E-state index contributed by atoms with van der Waals surface area (Å²) in [4.78, 5) is 27.8. The molecule has 0 aliphatic carbocycles. The fourth-order valence-corrected chi connectivity index (χ4v) is 3.96. The largest absolute Gasteiger partial charge is 0.329 e. The molecular formula is C28H27ClN4O2. The quantitative estimate of drug-likeness (QED) is 0.312. The van der Waals surface area contributed by atoms with Crippen LogP contribution < -0.4 is 5.32 Å². The van der Waals surface area contributed by atoms with Crippen molar-refractivity contribution < 1.29 is 9.59 Å². The summed E-state index contributed by atoms with van der Waals surface area (Å²) < 4.78 is 1.62. The number of unbranched alkanes of at least 4 members (excludes halogenated alkanes) is 1. The topological polar surface area (TPSA) is 67.2 Å². The van der Waals surface area contributed by atoms with E-state index in [4.69, 9.17) is 16.7 Å². The van der Waals surface area contributed by atoms with E-state index in [1.165, 1.54) is 0 Å². The van der Waals surface area contributed by atoms with E-state index in [1.807, 2.05) is 72.8 Å². The number of hydrogen-bond donors (Lipinski definition) is 1. The average molecular weight is 487 g/mol. The lowest BCUT2D eigenvalue weighted by Crippen LogP contribution is -2.38. The Bertz CT molecular complexity index is 1290. The lowest BCUT2D eigenvalue weighted by Gasteiger charge is -2.22. The number of amides is 2. The zero-order chi connectivity index (χ0) is 24.6. The summed E-state index contributed by atoms with van der Waals surface area (Å²) in [7, 11) is 0. The Balaban J connectivity index is 1.61. The van der Waals surface area contributed by atoms with Gasteiger partial charge in [0.25, 0.3) is 5.91 Å². The third-order valence-electron chi connectivity index (χ3n) is 5.55. The van der Waals surface area contributed by atoms with Crippen molar-refractivity contribution in [3.05, 3.63) is 102 Å². The van der Waals surface area contributed by atoms with Gasteiger partial charge in [0, 0.05) is 23.7 Å². The SMILES string of the molecule is CCCCN(CC(=O)Nc1cc(-c2ccccc2)nn1-c1ccccc1Cl)C(=O)c1ccccc1. The summed E-state index contributed by atoms with van der Waals surface area (Å²) in [5, 5.41) is 8.17. The summed E-state index contributed by atoms with van der Waals surface area (Å²) in [6, 6.07) is 27.9. The van der Waals surface area contributed by atoms with E-state index in [-0.39, 0.29) is 18.4 Å². The van der Waals surface area contributed by atoms with Crippen LogP contribution in [0.3, 0.4) is 0 Å². The molecule has 2 amide bonds. The van der Waals surface area contributed by atoms with Gasteiger partial charge in [-0.25, -0.2) is 4.68 Å². The summed E-state index contributed by atoms with van der Waals surface area (Å²) >= 11 is 6.45. The first kappa shape index (κ1) is 24.2. The van der Waals surface area contributed by atoms with Crippen LogP contribution in [0.1, 0.15) is 30.1 Å². The third kappa shape index (κ3) is 5.97. The second-order valence-electron chi connectivity index (χ2n) is 8.14. The number of hydrogen-bond acceptors (Lipinski definition) is 3. The smallest absolute Gasteiger partial charge is 0.254 e. The maximum absolute atomic E-state index is 13.2. The molecule has 0 aliphatic heterocycles. The van der Waals surface area contributed by atoms with Gasteiger partial charge in [-0.3, -0.25) is 9.59 Å². The molecule has 0 unspecified atom stereocenters. The summed E-state index contributed by atoms with van der Waals surface area (Å²) in [5.74, 6) is 0.00143. The van der Waals surface area contributed by atoms with E-state index < -0.39 is 0 Å². The lowest BCUT2D eigenvalue weighted by atomic mass is 10.1. The highest BCUT2D eigenvalue weighted by molar-refractivity contribution is 6.32. The van der Waals surface area contributed by atoms with Gasteiger partial charge in [0.1, 0.15) is 12.4 Å². The van der Waals surface area contributed by atoms with Crippen LogP contribution in [0.25, 0.3) is 16.9 Å². The van der Waals surface area contributed by atoms with Gasteiger partial charge < -0.3 is 10.2 Å². The minimum Gasteiger partial charge on any atom is -0.329 e. The molecule has 1 heterocycles. The number of para-hydroxylation sites is 1. The van der Waals surface area contributed by atoms with E-state index in [2.05, 4.69) is 12.2 Å². The first-order valence-electron chi connectivity index (χ1n) is 11.6. The van der Waals surface area contributed by atoms with Crippen molar-refractivity contribution in [1.29, 1.82) is 0 Å². The molecule has 0 saturated carbocycles. The fraction of sp³-hybridized carbons (Fsp3) is 0.179. The Labute approximate surface area is 210 Å². The Morgan fingerprint density at radius 2 is 1.60 bits per heavy atom. The molecule has 7 heteroatoms. The highest BCUT2D eigenvalue weighted by Crippen LogP contribution is 2.28. The second kappa shape index (κ2) is 11.5. The monoisotopic (exact) mass is 486 g/mol. The van der Waals surface area contributed by atoms with Crippen LogP contribution in [-0.2, 0) is 4.79 Å². The zero-order valence-electron chi connectivity index (χ0n) is 19.5. The first-order valence-corrected chi connectivity index (χ1v) is 12.0. The van der Waals surface area contributed by atoms with Gasteiger partial charge in [-0.05, 0) is 30.7 Å². The minimum atomic E-state index is -0.307. The van der Waals surface area contributed by atoms with Gasteiger partial charge in [-0.2, -0.15) is 5.10 Å². The normalized spacial score (nSPS) is 10.7. The van der Waals surface area contributed by atoms with Crippen LogP contribution in [0.2, 0.25) is 5.02 Å².